The van der Waals surface area contributed by atoms with Gasteiger partial charge in [0.15, 0.2) is 28.7 Å². The average Bonchev–Trinajstić information content (AvgIpc) is 2.89. The predicted octanol–water partition coefficient (Wildman–Crippen LogP) is 3.37. The maximum Gasteiger partial charge on any atom is 0.191 e. The van der Waals surface area contributed by atoms with Crippen molar-refractivity contribution in [1.82, 2.24) is 0 Å². The zero-order valence-corrected chi connectivity index (χ0v) is 23.9. The molecule has 3 aliphatic carbocycles. The number of aromatic hydroxyl groups is 1. The molecule has 0 amide bonds. The first kappa shape index (κ1) is 28.8. The number of benzene rings is 2. The van der Waals surface area contributed by atoms with E-state index in [0.29, 0.717) is 11.1 Å². The summed E-state index contributed by atoms with van der Waals surface area (Å²) < 4.78 is 0. The van der Waals surface area contributed by atoms with Gasteiger partial charge in [0.2, 0.25) is 0 Å². The molecule has 8 nitrogen and oxygen atoms in total. The summed E-state index contributed by atoms with van der Waals surface area (Å²) in [6.07, 6.45) is -0.0300. The van der Waals surface area contributed by atoms with Gasteiger partial charge in [-0.25, -0.2) is 0 Å². The molecule has 2 aromatic rings. The minimum absolute atomic E-state index is 0.162. The molecule has 0 spiro atoms. The number of aliphatic hydroxyl groups excluding tert-OH is 1. The number of phenolic OH excluding ortho intramolecular Hbond substituents is 1. The van der Waals surface area contributed by atoms with Gasteiger partial charge in [-0.05, 0) is 48.1 Å². The number of aryl methyl sites for hydroxylation is 1. The van der Waals surface area contributed by atoms with E-state index in [1.54, 1.807) is 32.1 Å². The van der Waals surface area contributed by atoms with E-state index in [0.717, 1.165) is 18.1 Å². The van der Waals surface area contributed by atoms with Gasteiger partial charge in [0.05, 0.1) is 17.6 Å². The van der Waals surface area contributed by atoms with Gasteiger partial charge in [0.25, 0.3) is 0 Å². The number of rotatable bonds is 3. The Hall–Kier alpha value is -3.75. The molecule has 0 aliphatic heterocycles. The lowest BCUT2D eigenvalue weighted by Crippen LogP contribution is -2.81. The number of phenols is 1. The number of hydrogen-bond donors (Lipinski definition) is 3. The standard InChI is InChI=1S/C33H34O8/c1-15(2)24-26(36)22(17(4)34)28(38)33(41)29(39)25-27(37)23-19(12-9-13-21(23)35)20(14-18-11-8-7-10-16(18)3)31(25,5)30(40)32(24,33)6/h7-15,22,24-25,30,35,40-41H,1-6H3/b20-14+/t22?,24?,25?,30-,31+,32+,33+/m1/s1. The van der Waals surface area contributed by atoms with Crippen LogP contribution in [0, 0.1) is 41.4 Å². The second-order valence-electron chi connectivity index (χ2n) is 12.5. The molecular weight excluding hydrogens is 524 g/mol. The number of ketones is 5. The molecule has 5 rings (SSSR count). The Labute approximate surface area is 238 Å². The van der Waals surface area contributed by atoms with Crippen molar-refractivity contribution in [2.75, 3.05) is 0 Å². The summed E-state index contributed by atoms with van der Waals surface area (Å²) in [5.41, 5.74) is -4.74. The van der Waals surface area contributed by atoms with Gasteiger partial charge in [-0.3, -0.25) is 24.0 Å². The summed E-state index contributed by atoms with van der Waals surface area (Å²) in [6.45, 7) is 9.11. The lowest BCUT2D eigenvalue weighted by atomic mass is 9.38. The van der Waals surface area contributed by atoms with Crippen LogP contribution in [0.15, 0.2) is 42.5 Å². The average molecular weight is 559 g/mol. The van der Waals surface area contributed by atoms with Crippen LogP contribution in [0.2, 0.25) is 0 Å². The summed E-state index contributed by atoms with van der Waals surface area (Å²) >= 11 is 0. The molecule has 0 radical (unpaired) electrons. The third kappa shape index (κ3) is 3.37. The summed E-state index contributed by atoms with van der Waals surface area (Å²) in [4.78, 5) is 69.0. The zero-order chi connectivity index (χ0) is 30.4. The molecule has 0 saturated heterocycles. The summed E-state index contributed by atoms with van der Waals surface area (Å²) in [5.74, 6) is -10.9. The highest BCUT2D eigenvalue weighted by molar-refractivity contribution is 6.34. The Morgan fingerprint density at radius 1 is 0.976 bits per heavy atom. The third-order valence-corrected chi connectivity index (χ3v) is 9.97. The maximum atomic E-state index is 14.6. The van der Waals surface area contributed by atoms with Crippen molar-refractivity contribution < 1.29 is 39.3 Å². The van der Waals surface area contributed by atoms with Crippen LogP contribution >= 0.6 is 0 Å². The molecule has 2 saturated carbocycles. The Kier molecular flexibility index (Phi) is 6.40. The lowest BCUT2D eigenvalue weighted by Gasteiger charge is -2.64. The van der Waals surface area contributed by atoms with Gasteiger partial charge in [0, 0.05) is 16.7 Å². The molecule has 3 N–H and O–H groups in total. The highest BCUT2D eigenvalue weighted by Crippen LogP contribution is 2.66. The zero-order valence-electron chi connectivity index (χ0n) is 23.9. The number of Topliss-reactive ketones (excluding diaryl/α,β-unsaturated/α-hetero) is 5. The fourth-order valence-corrected chi connectivity index (χ4v) is 8.02. The lowest BCUT2D eigenvalue weighted by molar-refractivity contribution is -0.230. The number of carbonyl (C=O) groups excluding carboxylic acids is 5. The minimum atomic E-state index is -3.01. The van der Waals surface area contributed by atoms with Crippen molar-refractivity contribution in [3.05, 3.63) is 64.7 Å². The summed E-state index contributed by atoms with van der Waals surface area (Å²) in [6, 6.07) is 11.8. The number of hydrogen-bond acceptors (Lipinski definition) is 8. The molecule has 2 fully saturated rings. The monoisotopic (exact) mass is 558 g/mol. The van der Waals surface area contributed by atoms with Gasteiger partial charge in [-0.1, -0.05) is 70.2 Å². The van der Waals surface area contributed by atoms with Crippen molar-refractivity contribution in [3.63, 3.8) is 0 Å². The summed E-state index contributed by atoms with van der Waals surface area (Å²) in [5, 5.41) is 35.5. The molecule has 8 heteroatoms. The van der Waals surface area contributed by atoms with Gasteiger partial charge >= 0.3 is 0 Å². The van der Waals surface area contributed by atoms with E-state index in [2.05, 4.69) is 0 Å². The second kappa shape index (κ2) is 9.13. The predicted molar refractivity (Wildman–Crippen MR) is 150 cm³/mol. The van der Waals surface area contributed by atoms with Crippen LogP contribution < -0.4 is 0 Å². The van der Waals surface area contributed by atoms with Crippen molar-refractivity contribution in [3.8, 4) is 5.75 Å². The molecule has 0 bridgehead atoms. The Balaban J connectivity index is 1.91. The fourth-order valence-electron chi connectivity index (χ4n) is 8.02. The van der Waals surface area contributed by atoms with Gasteiger partial charge in [-0.15, -0.1) is 0 Å². The van der Waals surface area contributed by atoms with Crippen LogP contribution in [-0.2, 0) is 19.2 Å². The largest absolute Gasteiger partial charge is 0.507 e. The molecule has 214 valence electrons. The molecule has 3 aliphatic rings. The van der Waals surface area contributed by atoms with Gasteiger partial charge in [-0.2, -0.15) is 0 Å². The second-order valence-corrected chi connectivity index (χ2v) is 12.5. The van der Waals surface area contributed by atoms with E-state index in [4.69, 9.17) is 0 Å². The van der Waals surface area contributed by atoms with Crippen LogP contribution in [-0.4, -0.2) is 55.9 Å². The molecule has 3 unspecified atom stereocenters. The Morgan fingerprint density at radius 2 is 1.61 bits per heavy atom. The van der Waals surface area contributed by atoms with Crippen molar-refractivity contribution in [1.29, 1.82) is 0 Å². The van der Waals surface area contributed by atoms with Crippen LogP contribution in [0.25, 0.3) is 11.6 Å². The molecule has 41 heavy (non-hydrogen) atoms. The Morgan fingerprint density at radius 3 is 2.20 bits per heavy atom. The van der Waals surface area contributed by atoms with Crippen molar-refractivity contribution in [2.45, 2.75) is 53.2 Å². The smallest absolute Gasteiger partial charge is 0.191 e. The van der Waals surface area contributed by atoms with E-state index in [1.807, 2.05) is 31.2 Å². The molecule has 2 aromatic carbocycles. The van der Waals surface area contributed by atoms with Crippen LogP contribution in [0.3, 0.4) is 0 Å². The van der Waals surface area contributed by atoms with Gasteiger partial charge < -0.3 is 15.3 Å². The molecule has 0 aromatic heterocycles. The first-order valence-corrected chi connectivity index (χ1v) is 13.7. The SMILES string of the molecule is CC(=O)C1C(=O)C(C(C)C)[C@@]2(C)[C@H](O)[C@@]3(C)/C(=C/c4ccccc4C)c4cccc(O)c4C(=O)C3C(=O)[C@@]2(O)C1=O. The van der Waals surface area contributed by atoms with Crippen LogP contribution in [0.4, 0.5) is 0 Å². The van der Waals surface area contributed by atoms with E-state index in [9.17, 15) is 39.3 Å². The molecule has 7 atom stereocenters. The van der Waals surface area contributed by atoms with Gasteiger partial charge in [0.1, 0.15) is 17.5 Å². The van der Waals surface area contributed by atoms with Crippen LogP contribution in [0.1, 0.15) is 61.7 Å². The third-order valence-electron chi connectivity index (χ3n) is 9.97. The Bertz CT molecular complexity index is 1580. The quantitative estimate of drug-likeness (QED) is 0.486. The molecular formula is C33H34O8. The topological polar surface area (TPSA) is 146 Å². The van der Waals surface area contributed by atoms with E-state index >= 15 is 0 Å². The fraction of sp³-hybridized carbons (Fsp3) is 0.424. The highest BCUT2D eigenvalue weighted by Gasteiger charge is 2.80. The first-order valence-electron chi connectivity index (χ1n) is 13.7. The minimum Gasteiger partial charge on any atom is -0.507 e. The normalized spacial score (nSPS) is 35.8. The van der Waals surface area contributed by atoms with E-state index in [-0.39, 0.29) is 11.3 Å². The van der Waals surface area contributed by atoms with E-state index in [1.165, 1.54) is 19.9 Å². The summed E-state index contributed by atoms with van der Waals surface area (Å²) in [7, 11) is 0. The number of aliphatic hydroxyl groups is 2. The number of carbonyl (C=O) groups is 5. The maximum absolute atomic E-state index is 14.6. The first-order chi connectivity index (χ1) is 19.1. The van der Waals surface area contributed by atoms with E-state index < -0.39 is 75.1 Å². The van der Waals surface area contributed by atoms with Crippen molar-refractivity contribution >= 4 is 40.6 Å². The van der Waals surface area contributed by atoms with Crippen molar-refractivity contribution in [2.24, 2.45) is 34.5 Å². The molecule has 0 heterocycles. The number of fused-ring (bicyclic) bond motifs is 3. The highest BCUT2D eigenvalue weighted by atomic mass is 16.3. The van der Waals surface area contributed by atoms with Crippen LogP contribution in [0.5, 0.6) is 5.75 Å².